The first-order chi connectivity index (χ1) is 6.25. The predicted octanol–water partition coefficient (Wildman–Crippen LogP) is 0.932. The molecule has 0 aliphatic carbocycles. The second-order valence-electron chi connectivity index (χ2n) is 2.75. The van der Waals surface area contributed by atoms with Crippen LogP contribution in [0.15, 0.2) is 0 Å². The minimum atomic E-state index is -1.13. The highest BCUT2D eigenvalue weighted by Crippen LogP contribution is 2.01. The molecule has 72 valence electrons. The van der Waals surface area contributed by atoms with E-state index in [1.54, 1.807) is 0 Å². The third-order valence-electron chi connectivity index (χ3n) is 1.72. The maximum atomic E-state index is 10.5. The van der Waals surface area contributed by atoms with E-state index in [0.717, 1.165) is 23.9 Å². The summed E-state index contributed by atoms with van der Waals surface area (Å²) in [5, 5.41) is 18.9. The van der Waals surface area contributed by atoms with Crippen molar-refractivity contribution in [3.05, 3.63) is 5.82 Å². The average Bonchev–Trinajstić information content (AvgIpc) is 2.53. The van der Waals surface area contributed by atoms with Gasteiger partial charge in [-0.3, -0.25) is 0 Å². The fraction of sp³-hybridized carbons (Fsp3) is 0.714. The average molecular weight is 184 g/mol. The van der Waals surface area contributed by atoms with Gasteiger partial charge in [-0.1, -0.05) is 19.8 Å². The van der Waals surface area contributed by atoms with Gasteiger partial charge >= 0.3 is 6.09 Å². The lowest BCUT2D eigenvalue weighted by Gasteiger charge is -1.97. The molecule has 0 bridgehead atoms. The van der Waals surface area contributed by atoms with Gasteiger partial charge in [0.25, 0.3) is 0 Å². The van der Waals surface area contributed by atoms with Crippen LogP contribution >= 0.6 is 0 Å². The molecule has 0 atom stereocenters. The highest BCUT2D eigenvalue weighted by molar-refractivity contribution is 5.66. The fourth-order valence-corrected chi connectivity index (χ4v) is 1.04. The van der Waals surface area contributed by atoms with Gasteiger partial charge in [0, 0.05) is 6.42 Å². The molecule has 1 rings (SSSR count). The fourth-order valence-electron chi connectivity index (χ4n) is 1.04. The molecule has 0 aliphatic heterocycles. The van der Waals surface area contributed by atoms with Crippen molar-refractivity contribution in [2.75, 3.05) is 0 Å². The lowest BCUT2D eigenvalue weighted by atomic mass is 10.2. The Labute approximate surface area is 75.6 Å². The van der Waals surface area contributed by atoms with Crippen molar-refractivity contribution in [1.82, 2.24) is 20.2 Å². The summed E-state index contributed by atoms with van der Waals surface area (Å²) in [7, 11) is 0. The van der Waals surface area contributed by atoms with Gasteiger partial charge in [0.2, 0.25) is 0 Å². The minimum Gasteiger partial charge on any atom is -0.463 e. The Hall–Kier alpha value is -1.46. The molecule has 0 fully saturated rings. The Balaban J connectivity index is 2.55. The largest absolute Gasteiger partial charge is 0.463 e. The van der Waals surface area contributed by atoms with Gasteiger partial charge in [0.1, 0.15) is 0 Å². The van der Waals surface area contributed by atoms with E-state index in [9.17, 15) is 4.79 Å². The van der Waals surface area contributed by atoms with E-state index in [4.69, 9.17) is 5.11 Å². The van der Waals surface area contributed by atoms with Crippen LogP contribution in [0.1, 0.15) is 32.0 Å². The zero-order chi connectivity index (χ0) is 9.68. The molecular weight excluding hydrogens is 172 g/mol. The SMILES string of the molecule is CCCCCc1nnnn1C(=O)O. The first-order valence-electron chi connectivity index (χ1n) is 4.26. The van der Waals surface area contributed by atoms with Crippen molar-refractivity contribution >= 4 is 6.09 Å². The number of aryl methyl sites for hydroxylation is 1. The smallest absolute Gasteiger partial charge is 0.435 e. The Morgan fingerprint density at radius 3 is 2.92 bits per heavy atom. The van der Waals surface area contributed by atoms with E-state index in [1.165, 1.54) is 0 Å². The van der Waals surface area contributed by atoms with Crippen LogP contribution in [-0.2, 0) is 6.42 Å². The molecule has 0 amide bonds. The van der Waals surface area contributed by atoms with Crippen molar-refractivity contribution in [3.63, 3.8) is 0 Å². The molecule has 0 spiro atoms. The first kappa shape index (κ1) is 9.63. The van der Waals surface area contributed by atoms with Gasteiger partial charge < -0.3 is 5.11 Å². The first-order valence-corrected chi connectivity index (χ1v) is 4.26. The van der Waals surface area contributed by atoms with Crippen LogP contribution in [0, 0.1) is 0 Å². The number of rotatable bonds is 4. The second-order valence-corrected chi connectivity index (χ2v) is 2.75. The quantitative estimate of drug-likeness (QED) is 0.556. The Morgan fingerprint density at radius 1 is 1.54 bits per heavy atom. The summed E-state index contributed by atoms with van der Waals surface area (Å²) in [6.07, 6.45) is 2.56. The van der Waals surface area contributed by atoms with E-state index in [2.05, 4.69) is 22.4 Å². The monoisotopic (exact) mass is 184 g/mol. The molecule has 1 heterocycles. The van der Waals surface area contributed by atoms with Crippen LogP contribution in [0.3, 0.4) is 0 Å². The lowest BCUT2D eigenvalue weighted by Crippen LogP contribution is -2.13. The molecule has 0 unspecified atom stereocenters. The molecule has 0 saturated heterocycles. The van der Waals surface area contributed by atoms with Gasteiger partial charge in [0.15, 0.2) is 5.82 Å². The highest BCUT2D eigenvalue weighted by Gasteiger charge is 2.10. The number of carbonyl (C=O) groups is 1. The molecule has 0 aromatic carbocycles. The van der Waals surface area contributed by atoms with Gasteiger partial charge in [-0.05, 0) is 16.8 Å². The molecule has 0 saturated carbocycles. The van der Waals surface area contributed by atoms with Crippen molar-refractivity contribution in [3.8, 4) is 0 Å². The topological polar surface area (TPSA) is 80.9 Å². The van der Waals surface area contributed by atoms with Gasteiger partial charge in [-0.15, -0.1) is 9.78 Å². The molecule has 13 heavy (non-hydrogen) atoms. The maximum Gasteiger partial charge on any atom is 0.435 e. The van der Waals surface area contributed by atoms with E-state index in [1.807, 2.05) is 0 Å². The number of aromatic nitrogens is 4. The van der Waals surface area contributed by atoms with Crippen LogP contribution in [0.25, 0.3) is 0 Å². The van der Waals surface area contributed by atoms with Crippen LogP contribution in [0.5, 0.6) is 0 Å². The van der Waals surface area contributed by atoms with E-state index < -0.39 is 6.09 Å². The number of unbranched alkanes of at least 4 members (excludes halogenated alkanes) is 2. The number of tetrazole rings is 1. The molecule has 1 aromatic rings. The molecule has 0 radical (unpaired) electrons. The summed E-state index contributed by atoms with van der Waals surface area (Å²) < 4.78 is 0.815. The summed E-state index contributed by atoms with van der Waals surface area (Å²) >= 11 is 0. The third kappa shape index (κ3) is 2.50. The van der Waals surface area contributed by atoms with Gasteiger partial charge in [0.05, 0.1) is 0 Å². The standard InChI is InChI=1S/C7H12N4O2/c1-2-3-4-5-6-8-9-10-11(6)7(12)13/h2-5H2,1H3,(H,12,13). The van der Waals surface area contributed by atoms with Crippen LogP contribution in [0.2, 0.25) is 0 Å². The number of nitrogens with zero attached hydrogens (tertiary/aromatic N) is 4. The van der Waals surface area contributed by atoms with Gasteiger partial charge in [-0.25, -0.2) is 4.79 Å². The molecule has 0 aliphatic rings. The van der Waals surface area contributed by atoms with Crippen LogP contribution in [-0.4, -0.2) is 31.4 Å². The molecule has 6 nitrogen and oxygen atoms in total. The summed E-state index contributed by atoms with van der Waals surface area (Å²) in [5.74, 6) is 0.418. The molecule has 6 heteroatoms. The van der Waals surface area contributed by atoms with Crippen molar-refractivity contribution in [2.24, 2.45) is 0 Å². The Morgan fingerprint density at radius 2 is 2.31 bits per heavy atom. The van der Waals surface area contributed by atoms with E-state index in [-0.39, 0.29) is 0 Å². The van der Waals surface area contributed by atoms with E-state index >= 15 is 0 Å². The molecule has 1 N–H and O–H groups in total. The zero-order valence-electron chi connectivity index (χ0n) is 7.47. The van der Waals surface area contributed by atoms with Crippen LogP contribution in [0.4, 0.5) is 4.79 Å². The Kier molecular flexibility index (Phi) is 3.36. The van der Waals surface area contributed by atoms with Crippen molar-refractivity contribution in [1.29, 1.82) is 0 Å². The number of hydrogen-bond donors (Lipinski definition) is 1. The van der Waals surface area contributed by atoms with Crippen LogP contribution < -0.4 is 0 Å². The maximum absolute atomic E-state index is 10.5. The summed E-state index contributed by atoms with van der Waals surface area (Å²) in [5.41, 5.74) is 0. The second kappa shape index (κ2) is 4.54. The minimum absolute atomic E-state index is 0.418. The summed E-state index contributed by atoms with van der Waals surface area (Å²) in [6, 6.07) is 0. The highest BCUT2D eigenvalue weighted by atomic mass is 16.4. The normalized spacial score (nSPS) is 10.2. The third-order valence-corrected chi connectivity index (χ3v) is 1.72. The van der Waals surface area contributed by atoms with Crippen molar-refractivity contribution in [2.45, 2.75) is 32.6 Å². The summed E-state index contributed by atoms with van der Waals surface area (Å²) in [4.78, 5) is 10.5. The number of hydrogen-bond acceptors (Lipinski definition) is 4. The zero-order valence-corrected chi connectivity index (χ0v) is 7.47. The summed E-state index contributed by atoms with van der Waals surface area (Å²) in [6.45, 7) is 2.08. The van der Waals surface area contributed by atoms with Crippen molar-refractivity contribution < 1.29 is 9.90 Å². The molecule has 1 aromatic heterocycles. The van der Waals surface area contributed by atoms with Gasteiger partial charge in [-0.2, -0.15) is 0 Å². The number of carboxylic acid groups (broad SMARTS) is 1. The lowest BCUT2D eigenvalue weighted by molar-refractivity contribution is 0.191. The molecular formula is C7H12N4O2. The predicted molar refractivity (Wildman–Crippen MR) is 44.5 cm³/mol. The van der Waals surface area contributed by atoms with E-state index in [0.29, 0.717) is 12.2 Å². The Bertz CT molecular complexity index is 284.